The van der Waals surface area contributed by atoms with Gasteiger partial charge in [0.1, 0.15) is 0 Å². The van der Waals surface area contributed by atoms with Crippen molar-refractivity contribution >= 4 is 43.5 Å². The highest BCUT2D eigenvalue weighted by atomic mass is 14.8. The number of rotatable bonds is 3. The molecule has 3 heteroatoms. The number of hydrogen-bond donors (Lipinski definition) is 0. The molecule has 0 aliphatic rings. The first kappa shape index (κ1) is 22.6. The van der Waals surface area contributed by atoms with E-state index in [1.165, 1.54) is 16.5 Å². The first-order chi connectivity index (χ1) is 19.8. The molecule has 186 valence electrons. The molecule has 0 N–H and O–H groups in total. The molecule has 0 aliphatic carbocycles. The molecule has 0 saturated heterocycles. The van der Waals surface area contributed by atoms with Gasteiger partial charge in [-0.05, 0) is 46.8 Å². The van der Waals surface area contributed by atoms with Crippen LogP contribution >= 0.6 is 0 Å². The Hall–Kier alpha value is -5.41. The molecule has 0 aliphatic heterocycles. The third-order valence-electron chi connectivity index (χ3n) is 7.63. The Morgan fingerprint density at radius 2 is 0.875 bits per heavy atom. The van der Waals surface area contributed by atoms with Crippen molar-refractivity contribution in [3.05, 3.63) is 140 Å². The topological polar surface area (TPSA) is 38.7 Å². The largest absolute Gasteiger partial charge is 0.248 e. The lowest BCUT2D eigenvalue weighted by atomic mass is 10.0. The van der Waals surface area contributed by atoms with Gasteiger partial charge in [0, 0.05) is 27.1 Å². The summed E-state index contributed by atoms with van der Waals surface area (Å²) in [5, 5.41) is 5.69. The summed E-state index contributed by atoms with van der Waals surface area (Å²) in [5.41, 5.74) is 8.97. The molecule has 40 heavy (non-hydrogen) atoms. The molecule has 0 saturated carbocycles. The van der Waals surface area contributed by atoms with Crippen LogP contribution in [0.2, 0.25) is 0 Å². The van der Waals surface area contributed by atoms with Crippen LogP contribution in [-0.2, 0) is 0 Å². The van der Waals surface area contributed by atoms with Crippen LogP contribution in [0.4, 0.5) is 0 Å². The van der Waals surface area contributed by atoms with E-state index in [0.717, 1.165) is 60.7 Å². The lowest BCUT2D eigenvalue weighted by Crippen LogP contribution is -1.91. The van der Waals surface area contributed by atoms with Gasteiger partial charge in [0.05, 0.1) is 33.6 Å². The lowest BCUT2D eigenvalue weighted by Gasteiger charge is -2.09. The maximum absolute atomic E-state index is 5.05. The van der Waals surface area contributed by atoms with Crippen molar-refractivity contribution in [1.29, 1.82) is 0 Å². The van der Waals surface area contributed by atoms with E-state index in [2.05, 4.69) is 133 Å². The second kappa shape index (κ2) is 9.11. The van der Waals surface area contributed by atoms with E-state index in [0.29, 0.717) is 0 Å². The highest BCUT2D eigenvalue weighted by Crippen LogP contribution is 2.30. The SMILES string of the molecule is c1ccc(-c2ccc3ccc(-c4ccc5ccc(-c6ccc7ccc8ccccc8c7n6)nc5c4)nc3c2)cc1. The summed E-state index contributed by atoms with van der Waals surface area (Å²) in [6.45, 7) is 0. The fourth-order valence-electron chi connectivity index (χ4n) is 5.51. The molecule has 0 bridgehead atoms. The van der Waals surface area contributed by atoms with Crippen molar-refractivity contribution < 1.29 is 0 Å². The molecule has 5 aromatic carbocycles. The summed E-state index contributed by atoms with van der Waals surface area (Å²) in [7, 11) is 0. The number of nitrogens with zero attached hydrogens (tertiary/aromatic N) is 3. The minimum atomic E-state index is 0.860. The first-order valence-electron chi connectivity index (χ1n) is 13.4. The first-order valence-corrected chi connectivity index (χ1v) is 13.4. The van der Waals surface area contributed by atoms with Gasteiger partial charge in [0.25, 0.3) is 0 Å². The summed E-state index contributed by atoms with van der Waals surface area (Å²) >= 11 is 0. The van der Waals surface area contributed by atoms with Crippen LogP contribution in [0.15, 0.2) is 140 Å². The number of fused-ring (bicyclic) bond motifs is 5. The third-order valence-corrected chi connectivity index (χ3v) is 7.63. The second-order valence-electron chi connectivity index (χ2n) is 10.1. The van der Waals surface area contributed by atoms with Crippen LogP contribution in [0.1, 0.15) is 0 Å². The smallest absolute Gasteiger partial charge is 0.0894 e. The number of aromatic nitrogens is 3. The zero-order valence-corrected chi connectivity index (χ0v) is 21.6. The Bertz CT molecular complexity index is 2220. The lowest BCUT2D eigenvalue weighted by molar-refractivity contribution is 1.32. The Morgan fingerprint density at radius 1 is 0.325 bits per heavy atom. The van der Waals surface area contributed by atoms with Gasteiger partial charge in [0.2, 0.25) is 0 Å². The monoisotopic (exact) mass is 509 g/mol. The van der Waals surface area contributed by atoms with Crippen molar-refractivity contribution in [3.63, 3.8) is 0 Å². The van der Waals surface area contributed by atoms with Crippen LogP contribution in [0, 0.1) is 0 Å². The fourth-order valence-corrected chi connectivity index (χ4v) is 5.51. The van der Waals surface area contributed by atoms with Crippen molar-refractivity contribution in [2.45, 2.75) is 0 Å². The molecule has 3 aromatic heterocycles. The van der Waals surface area contributed by atoms with Crippen molar-refractivity contribution in [1.82, 2.24) is 15.0 Å². The van der Waals surface area contributed by atoms with Gasteiger partial charge in [-0.25, -0.2) is 15.0 Å². The predicted octanol–water partition coefficient (Wildman–Crippen LogP) is 9.49. The standard InChI is InChI=1S/C37H23N3/c1-2-6-24(7-3-1)29-14-11-26-16-19-32(38-35(26)22-29)30-15-12-27-17-20-33(39-36(27)23-30)34-21-18-28-13-10-25-8-4-5-9-31(25)37(28)40-34/h1-23H. The molecule has 3 heterocycles. The van der Waals surface area contributed by atoms with Crippen molar-refractivity contribution in [3.8, 4) is 33.8 Å². The molecule has 0 fully saturated rings. The summed E-state index contributed by atoms with van der Waals surface area (Å²) < 4.78 is 0. The van der Waals surface area contributed by atoms with Crippen LogP contribution in [0.5, 0.6) is 0 Å². The van der Waals surface area contributed by atoms with Gasteiger partial charge >= 0.3 is 0 Å². The van der Waals surface area contributed by atoms with E-state index in [-0.39, 0.29) is 0 Å². The normalized spacial score (nSPS) is 11.5. The Morgan fingerprint density at radius 3 is 1.70 bits per heavy atom. The Labute approximate surface area is 231 Å². The molecule has 0 spiro atoms. The molecule has 3 nitrogen and oxygen atoms in total. The fraction of sp³-hybridized carbons (Fsp3) is 0. The molecule has 8 aromatic rings. The third kappa shape index (κ3) is 3.88. The maximum atomic E-state index is 5.05. The van der Waals surface area contributed by atoms with Gasteiger partial charge in [-0.3, -0.25) is 0 Å². The molecule has 0 unspecified atom stereocenters. The summed E-state index contributed by atoms with van der Waals surface area (Å²) in [6, 6.07) is 48.5. The quantitative estimate of drug-likeness (QED) is 0.223. The van der Waals surface area contributed by atoms with E-state index in [4.69, 9.17) is 15.0 Å². The van der Waals surface area contributed by atoms with E-state index < -0.39 is 0 Å². The molecular formula is C37H23N3. The van der Waals surface area contributed by atoms with Crippen LogP contribution in [0.25, 0.3) is 77.3 Å². The maximum Gasteiger partial charge on any atom is 0.0894 e. The van der Waals surface area contributed by atoms with E-state index in [1.807, 2.05) is 6.07 Å². The highest BCUT2D eigenvalue weighted by molar-refractivity contribution is 6.05. The molecule has 0 atom stereocenters. The van der Waals surface area contributed by atoms with E-state index in [9.17, 15) is 0 Å². The number of benzene rings is 5. The minimum absolute atomic E-state index is 0.860. The van der Waals surface area contributed by atoms with E-state index >= 15 is 0 Å². The van der Waals surface area contributed by atoms with Gasteiger partial charge in [-0.15, -0.1) is 0 Å². The van der Waals surface area contributed by atoms with E-state index in [1.54, 1.807) is 0 Å². The van der Waals surface area contributed by atoms with Gasteiger partial charge in [0.15, 0.2) is 0 Å². The molecule has 0 radical (unpaired) electrons. The minimum Gasteiger partial charge on any atom is -0.248 e. The molecular weight excluding hydrogens is 486 g/mol. The summed E-state index contributed by atoms with van der Waals surface area (Å²) in [6.07, 6.45) is 0. The highest BCUT2D eigenvalue weighted by Gasteiger charge is 2.09. The zero-order chi connectivity index (χ0) is 26.5. The van der Waals surface area contributed by atoms with Crippen LogP contribution < -0.4 is 0 Å². The van der Waals surface area contributed by atoms with Crippen LogP contribution in [-0.4, -0.2) is 15.0 Å². The second-order valence-corrected chi connectivity index (χ2v) is 10.1. The Kier molecular flexibility index (Phi) is 5.14. The summed E-state index contributed by atoms with van der Waals surface area (Å²) in [4.78, 5) is 15.1. The van der Waals surface area contributed by atoms with Gasteiger partial charge < -0.3 is 0 Å². The molecule has 0 amide bonds. The number of pyridine rings is 3. The Balaban J connectivity index is 1.21. The van der Waals surface area contributed by atoms with Crippen LogP contribution in [0.3, 0.4) is 0 Å². The van der Waals surface area contributed by atoms with Gasteiger partial charge in [-0.2, -0.15) is 0 Å². The zero-order valence-electron chi connectivity index (χ0n) is 21.6. The number of hydrogen-bond acceptors (Lipinski definition) is 3. The van der Waals surface area contributed by atoms with Crippen molar-refractivity contribution in [2.75, 3.05) is 0 Å². The average Bonchev–Trinajstić information content (AvgIpc) is 3.04. The molecule has 8 rings (SSSR count). The summed E-state index contributed by atoms with van der Waals surface area (Å²) in [5.74, 6) is 0. The van der Waals surface area contributed by atoms with Crippen molar-refractivity contribution in [2.24, 2.45) is 0 Å². The van der Waals surface area contributed by atoms with Gasteiger partial charge in [-0.1, -0.05) is 109 Å². The predicted molar refractivity (Wildman–Crippen MR) is 166 cm³/mol. The average molecular weight is 510 g/mol.